The molecule has 1 atom stereocenters. The van der Waals surface area contributed by atoms with Crippen LogP contribution < -0.4 is 0 Å². The molecule has 1 saturated heterocycles. The van der Waals surface area contributed by atoms with Gasteiger partial charge in [0.1, 0.15) is 4.75 Å². The highest BCUT2D eigenvalue weighted by Gasteiger charge is 2.51. The number of hydrogen-bond donors (Lipinski definition) is 0. The molecule has 1 aromatic carbocycles. The van der Waals surface area contributed by atoms with Crippen molar-refractivity contribution in [1.82, 2.24) is 0 Å². The number of esters is 1. The average molecular weight is 345 g/mol. The Kier molecular flexibility index (Phi) is 5.06. The van der Waals surface area contributed by atoms with Gasteiger partial charge in [-0.05, 0) is 28.4 Å². The summed E-state index contributed by atoms with van der Waals surface area (Å²) in [6.45, 7) is 16.9. The largest absolute Gasteiger partial charge is 0.418 e. The highest BCUT2D eigenvalue weighted by molar-refractivity contribution is 8.05. The first-order chi connectivity index (χ1) is 11.0. The number of rotatable bonds is 3. The second-order valence-corrected chi connectivity index (χ2v) is 9.61. The predicted octanol–water partition coefficient (Wildman–Crippen LogP) is 6.05. The van der Waals surface area contributed by atoms with Crippen LogP contribution in [0.1, 0.15) is 53.5 Å². The Labute approximate surface area is 150 Å². The third kappa shape index (κ3) is 3.46. The summed E-state index contributed by atoms with van der Waals surface area (Å²) in [5.41, 5.74) is 1.98. The molecule has 1 unspecified atom stereocenters. The van der Waals surface area contributed by atoms with Crippen LogP contribution in [0.4, 0.5) is 0 Å². The Hall–Kier alpha value is -1.48. The van der Waals surface area contributed by atoms with E-state index in [9.17, 15) is 4.79 Å². The van der Waals surface area contributed by atoms with Gasteiger partial charge in [0.25, 0.3) is 0 Å². The lowest BCUT2D eigenvalue weighted by Crippen LogP contribution is -2.27. The molecule has 2 rings (SSSR count). The second kappa shape index (κ2) is 6.44. The maximum Gasteiger partial charge on any atom is 0.333 e. The van der Waals surface area contributed by atoms with Crippen LogP contribution in [0.15, 0.2) is 53.7 Å². The molecule has 1 aromatic rings. The average Bonchev–Trinajstić information content (AvgIpc) is 2.74. The van der Waals surface area contributed by atoms with E-state index in [1.54, 1.807) is 17.8 Å². The monoisotopic (exact) mass is 344 g/mol. The fourth-order valence-electron chi connectivity index (χ4n) is 3.56. The molecule has 0 radical (unpaired) electrons. The molecule has 0 spiro atoms. The van der Waals surface area contributed by atoms with Gasteiger partial charge in [0.2, 0.25) is 0 Å². The third-order valence-corrected chi connectivity index (χ3v) is 5.55. The first kappa shape index (κ1) is 18.9. The van der Waals surface area contributed by atoms with Crippen molar-refractivity contribution in [3.63, 3.8) is 0 Å². The van der Waals surface area contributed by atoms with Crippen LogP contribution in [-0.4, -0.2) is 5.97 Å². The number of carbonyl (C=O) groups is 1. The number of allylic oxidation sites excluding steroid dienone is 2. The summed E-state index contributed by atoms with van der Waals surface area (Å²) in [7, 11) is 0. The molecule has 130 valence electrons. The van der Waals surface area contributed by atoms with Gasteiger partial charge in [0, 0.05) is 0 Å². The lowest BCUT2D eigenvalue weighted by molar-refractivity contribution is -0.140. The minimum atomic E-state index is -0.736. The number of hydrogen-bond acceptors (Lipinski definition) is 3. The summed E-state index contributed by atoms with van der Waals surface area (Å²) in [4.78, 5) is 12.9. The molecule has 3 heteroatoms. The van der Waals surface area contributed by atoms with E-state index < -0.39 is 4.75 Å². The van der Waals surface area contributed by atoms with Gasteiger partial charge in [-0.3, -0.25) is 0 Å². The highest BCUT2D eigenvalue weighted by atomic mass is 32.2. The summed E-state index contributed by atoms with van der Waals surface area (Å²) < 4.78 is 5.12. The number of ether oxygens (including phenoxy) is 1. The van der Waals surface area contributed by atoms with Gasteiger partial charge >= 0.3 is 5.97 Å². The van der Waals surface area contributed by atoms with Crippen LogP contribution >= 0.6 is 11.8 Å². The van der Waals surface area contributed by atoms with E-state index in [-0.39, 0.29) is 16.8 Å². The normalized spacial score (nSPS) is 21.6. The van der Waals surface area contributed by atoms with Crippen molar-refractivity contribution in [3.8, 4) is 0 Å². The van der Waals surface area contributed by atoms with E-state index in [1.165, 1.54) is 5.57 Å². The van der Waals surface area contributed by atoms with Crippen LogP contribution in [0.2, 0.25) is 0 Å². The topological polar surface area (TPSA) is 26.3 Å². The molecule has 0 amide bonds. The molecule has 1 heterocycles. The van der Waals surface area contributed by atoms with E-state index in [0.717, 1.165) is 10.7 Å². The Morgan fingerprint density at radius 2 is 1.67 bits per heavy atom. The van der Waals surface area contributed by atoms with Crippen molar-refractivity contribution >= 4 is 17.7 Å². The van der Waals surface area contributed by atoms with Gasteiger partial charge in [-0.2, -0.15) is 0 Å². The lowest BCUT2D eigenvalue weighted by atomic mass is 9.72. The van der Waals surface area contributed by atoms with Crippen LogP contribution in [0.5, 0.6) is 0 Å². The highest BCUT2D eigenvalue weighted by Crippen LogP contribution is 2.56. The molecule has 0 bridgehead atoms. The Balaban J connectivity index is 2.62. The molecule has 0 saturated carbocycles. The number of thioether (sulfide) groups is 1. The predicted molar refractivity (Wildman–Crippen MR) is 103 cm³/mol. The van der Waals surface area contributed by atoms with Gasteiger partial charge in [0.15, 0.2) is 5.09 Å². The van der Waals surface area contributed by atoms with Crippen LogP contribution in [-0.2, 0) is 14.3 Å². The molecule has 0 aromatic heterocycles. The van der Waals surface area contributed by atoms with E-state index in [2.05, 4.69) is 48.1 Å². The molecule has 1 fully saturated rings. The summed E-state index contributed by atoms with van der Waals surface area (Å²) in [5, 5.41) is 0.755. The summed E-state index contributed by atoms with van der Waals surface area (Å²) in [6, 6.07) is 9.87. The van der Waals surface area contributed by atoms with E-state index in [1.807, 2.05) is 30.3 Å². The van der Waals surface area contributed by atoms with Crippen LogP contribution in [0, 0.1) is 10.8 Å². The van der Waals surface area contributed by atoms with Crippen molar-refractivity contribution in [2.45, 2.75) is 52.7 Å². The Morgan fingerprint density at radius 3 is 2.12 bits per heavy atom. The zero-order valence-corrected chi connectivity index (χ0v) is 16.4. The SMILES string of the molecule is C=CCC1(c2ccccc2)SC(=C(C(C)(C)C)C(C)(C)C)OC1=O. The maximum atomic E-state index is 12.9. The van der Waals surface area contributed by atoms with Crippen molar-refractivity contribution < 1.29 is 9.53 Å². The first-order valence-electron chi connectivity index (χ1n) is 8.35. The molecule has 2 nitrogen and oxygen atoms in total. The van der Waals surface area contributed by atoms with Crippen molar-refractivity contribution in [2.24, 2.45) is 10.8 Å². The summed E-state index contributed by atoms with van der Waals surface area (Å²) >= 11 is 1.54. The second-order valence-electron chi connectivity index (χ2n) is 8.34. The number of benzene rings is 1. The van der Waals surface area contributed by atoms with Gasteiger partial charge < -0.3 is 4.74 Å². The zero-order chi connectivity index (χ0) is 18.2. The van der Waals surface area contributed by atoms with Gasteiger partial charge in [-0.15, -0.1) is 6.58 Å². The lowest BCUT2D eigenvalue weighted by Gasteiger charge is -2.34. The molecular formula is C21H28O2S. The number of carbonyl (C=O) groups excluding carboxylic acids is 1. The number of cyclic esters (lactones) is 1. The molecule has 1 aliphatic heterocycles. The fourth-order valence-corrected chi connectivity index (χ4v) is 5.29. The Morgan fingerprint density at radius 1 is 1.12 bits per heavy atom. The molecule has 0 aliphatic carbocycles. The maximum absolute atomic E-state index is 12.9. The minimum absolute atomic E-state index is 0.0815. The van der Waals surface area contributed by atoms with E-state index >= 15 is 0 Å². The third-order valence-electron chi connectivity index (χ3n) is 4.16. The molecule has 24 heavy (non-hydrogen) atoms. The Bertz CT molecular complexity index is 643. The van der Waals surface area contributed by atoms with Crippen molar-refractivity contribution in [2.75, 3.05) is 0 Å². The molecule has 0 N–H and O–H groups in total. The molecular weight excluding hydrogens is 316 g/mol. The van der Waals surface area contributed by atoms with Gasteiger partial charge in [0.05, 0.1) is 0 Å². The smallest absolute Gasteiger partial charge is 0.333 e. The van der Waals surface area contributed by atoms with Crippen LogP contribution in [0.3, 0.4) is 0 Å². The standard InChI is InChI=1S/C21H28O2S/c1-8-14-21(15-12-10-9-11-13-15)18(22)23-17(24-21)16(19(2,3)4)20(5,6)7/h8-13H,1,14H2,2-7H3. The summed E-state index contributed by atoms with van der Waals surface area (Å²) in [6.07, 6.45) is 2.35. The van der Waals surface area contributed by atoms with Crippen molar-refractivity contribution in [3.05, 3.63) is 59.2 Å². The first-order valence-corrected chi connectivity index (χ1v) is 9.17. The quantitative estimate of drug-likeness (QED) is 0.493. The van der Waals surface area contributed by atoms with Gasteiger partial charge in [-0.1, -0.05) is 89.7 Å². The molecule has 1 aliphatic rings. The fraction of sp³-hybridized carbons (Fsp3) is 0.476. The van der Waals surface area contributed by atoms with Crippen molar-refractivity contribution in [1.29, 1.82) is 0 Å². The summed E-state index contributed by atoms with van der Waals surface area (Å²) in [5.74, 6) is -0.195. The van der Waals surface area contributed by atoms with Crippen LogP contribution in [0.25, 0.3) is 0 Å². The zero-order valence-electron chi connectivity index (χ0n) is 15.6. The minimum Gasteiger partial charge on any atom is -0.418 e. The van der Waals surface area contributed by atoms with E-state index in [0.29, 0.717) is 6.42 Å². The van der Waals surface area contributed by atoms with Gasteiger partial charge in [-0.25, -0.2) is 4.79 Å². The van der Waals surface area contributed by atoms with E-state index in [4.69, 9.17) is 4.74 Å².